The van der Waals surface area contributed by atoms with Crippen LogP contribution in [0.3, 0.4) is 0 Å². The lowest BCUT2D eigenvalue weighted by Gasteiger charge is -2.36. The molecule has 0 aromatic carbocycles. The maximum Gasteiger partial charge on any atom is 0.303 e. The summed E-state index contributed by atoms with van der Waals surface area (Å²) in [5.74, 6) is 0.598. The summed E-state index contributed by atoms with van der Waals surface area (Å²) in [6.07, 6.45) is 2.67. The fourth-order valence-corrected chi connectivity index (χ4v) is 2.47. The van der Waals surface area contributed by atoms with Gasteiger partial charge in [-0.3, -0.25) is 4.79 Å². The third-order valence-corrected chi connectivity index (χ3v) is 3.39. The van der Waals surface area contributed by atoms with E-state index in [2.05, 4.69) is 24.3 Å². The molecule has 0 amide bonds. The molecule has 88 valence electrons. The van der Waals surface area contributed by atoms with Crippen LogP contribution in [0.4, 0.5) is 5.82 Å². The molecule has 0 saturated heterocycles. The van der Waals surface area contributed by atoms with E-state index >= 15 is 0 Å². The molecule has 1 aliphatic rings. The minimum atomic E-state index is -0.731. The van der Waals surface area contributed by atoms with Crippen LogP contribution in [0.15, 0.2) is 12.3 Å². The molecule has 3 atom stereocenters. The number of aliphatic carboxylic acids is 1. The number of carbonyl (C=O) groups is 1. The molecule has 0 saturated carbocycles. The van der Waals surface area contributed by atoms with E-state index in [9.17, 15) is 4.79 Å². The number of nitrogens with zero attached hydrogens (tertiary/aromatic N) is 2. The maximum absolute atomic E-state index is 10.6. The first-order chi connectivity index (χ1) is 7.59. The van der Waals surface area contributed by atoms with E-state index < -0.39 is 5.97 Å². The van der Waals surface area contributed by atoms with Gasteiger partial charge in [0, 0.05) is 24.4 Å². The smallest absolute Gasteiger partial charge is 0.303 e. The van der Waals surface area contributed by atoms with Crippen molar-refractivity contribution < 1.29 is 9.90 Å². The molecular weight excluding hydrogens is 206 g/mol. The van der Waals surface area contributed by atoms with Crippen LogP contribution in [0.2, 0.25) is 0 Å². The Bertz CT molecular complexity index is 388. The summed E-state index contributed by atoms with van der Waals surface area (Å²) in [5.41, 5.74) is 0. The zero-order valence-electron chi connectivity index (χ0n) is 9.55. The molecule has 5 nitrogen and oxygen atoms in total. The average molecular weight is 223 g/mol. The Kier molecular flexibility index (Phi) is 2.85. The van der Waals surface area contributed by atoms with Crippen LogP contribution in [-0.4, -0.2) is 26.9 Å². The number of carboxylic acid groups (broad SMARTS) is 1. The van der Waals surface area contributed by atoms with Gasteiger partial charge in [-0.1, -0.05) is 0 Å². The zero-order valence-corrected chi connectivity index (χ0v) is 9.55. The van der Waals surface area contributed by atoms with Crippen LogP contribution >= 0.6 is 0 Å². The van der Waals surface area contributed by atoms with Gasteiger partial charge in [-0.25, -0.2) is 4.68 Å². The van der Waals surface area contributed by atoms with Crippen molar-refractivity contribution in [2.24, 2.45) is 5.92 Å². The van der Waals surface area contributed by atoms with Gasteiger partial charge in [0.1, 0.15) is 5.82 Å². The normalized spacial score (nSPS) is 28.2. The molecule has 0 spiro atoms. The number of anilines is 1. The van der Waals surface area contributed by atoms with Crippen LogP contribution in [0.5, 0.6) is 0 Å². The summed E-state index contributed by atoms with van der Waals surface area (Å²) in [6.45, 7) is 4.19. The summed E-state index contributed by atoms with van der Waals surface area (Å²) in [7, 11) is 0. The van der Waals surface area contributed by atoms with Gasteiger partial charge in [-0.05, 0) is 20.3 Å². The summed E-state index contributed by atoms with van der Waals surface area (Å²) in [4.78, 5) is 10.6. The van der Waals surface area contributed by atoms with E-state index in [1.807, 2.05) is 10.7 Å². The van der Waals surface area contributed by atoms with Crippen LogP contribution in [0.25, 0.3) is 0 Å². The monoisotopic (exact) mass is 223 g/mol. The Balaban J connectivity index is 2.12. The van der Waals surface area contributed by atoms with Gasteiger partial charge >= 0.3 is 5.97 Å². The molecule has 0 bridgehead atoms. The molecule has 1 aromatic rings. The summed E-state index contributed by atoms with van der Waals surface area (Å²) >= 11 is 0. The van der Waals surface area contributed by atoms with Gasteiger partial charge < -0.3 is 10.4 Å². The van der Waals surface area contributed by atoms with E-state index in [1.54, 1.807) is 6.20 Å². The fraction of sp³-hybridized carbons (Fsp3) is 0.636. The quantitative estimate of drug-likeness (QED) is 0.819. The van der Waals surface area contributed by atoms with E-state index in [0.29, 0.717) is 18.4 Å². The molecule has 2 N–H and O–H groups in total. The number of hydrogen-bond donors (Lipinski definition) is 2. The Morgan fingerprint density at radius 1 is 1.62 bits per heavy atom. The third kappa shape index (κ3) is 1.89. The van der Waals surface area contributed by atoms with Gasteiger partial charge in [0.05, 0.1) is 12.2 Å². The highest BCUT2D eigenvalue weighted by Gasteiger charge is 2.31. The summed E-state index contributed by atoms with van der Waals surface area (Å²) < 4.78 is 1.94. The van der Waals surface area contributed by atoms with Gasteiger partial charge in [0.2, 0.25) is 0 Å². The topological polar surface area (TPSA) is 67.2 Å². The fourth-order valence-electron chi connectivity index (χ4n) is 2.47. The average Bonchev–Trinajstić information content (AvgIpc) is 2.64. The van der Waals surface area contributed by atoms with E-state index in [4.69, 9.17) is 5.11 Å². The van der Waals surface area contributed by atoms with Crippen molar-refractivity contribution >= 4 is 11.8 Å². The third-order valence-electron chi connectivity index (χ3n) is 3.39. The van der Waals surface area contributed by atoms with Gasteiger partial charge in [-0.15, -0.1) is 0 Å². The number of hydrogen-bond acceptors (Lipinski definition) is 3. The van der Waals surface area contributed by atoms with Crippen LogP contribution < -0.4 is 5.32 Å². The van der Waals surface area contributed by atoms with Gasteiger partial charge in [-0.2, -0.15) is 5.10 Å². The Morgan fingerprint density at radius 2 is 2.38 bits per heavy atom. The highest BCUT2D eigenvalue weighted by molar-refractivity contribution is 5.66. The highest BCUT2D eigenvalue weighted by atomic mass is 16.4. The van der Waals surface area contributed by atoms with Gasteiger partial charge in [0.15, 0.2) is 0 Å². The lowest BCUT2D eigenvalue weighted by molar-refractivity contribution is -0.137. The number of rotatable bonds is 3. The maximum atomic E-state index is 10.6. The SMILES string of the molecule is C[C@@H]1Nc2ccnn2[C@@H](C)[C@@H]1CCC(=O)O. The second-order valence-electron chi connectivity index (χ2n) is 4.43. The molecule has 2 heterocycles. The van der Waals surface area contributed by atoms with Crippen molar-refractivity contribution in [3.05, 3.63) is 12.3 Å². The van der Waals surface area contributed by atoms with Crippen molar-refractivity contribution in [1.29, 1.82) is 0 Å². The molecule has 2 rings (SSSR count). The lowest BCUT2D eigenvalue weighted by Crippen LogP contribution is -2.38. The van der Waals surface area contributed by atoms with Crippen molar-refractivity contribution in [2.45, 2.75) is 38.8 Å². The molecule has 5 heteroatoms. The predicted molar refractivity (Wildman–Crippen MR) is 60.4 cm³/mol. The Morgan fingerprint density at radius 3 is 3.06 bits per heavy atom. The molecule has 1 aliphatic heterocycles. The first-order valence-electron chi connectivity index (χ1n) is 5.61. The first-order valence-corrected chi connectivity index (χ1v) is 5.61. The van der Waals surface area contributed by atoms with E-state index in [0.717, 1.165) is 5.82 Å². The zero-order chi connectivity index (χ0) is 11.7. The van der Waals surface area contributed by atoms with Crippen LogP contribution in [0, 0.1) is 5.92 Å². The van der Waals surface area contributed by atoms with E-state index in [1.165, 1.54) is 0 Å². The largest absolute Gasteiger partial charge is 0.481 e. The van der Waals surface area contributed by atoms with Crippen molar-refractivity contribution in [2.75, 3.05) is 5.32 Å². The second-order valence-corrected chi connectivity index (χ2v) is 4.43. The highest BCUT2D eigenvalue weighted by Crippen LogP contribution is 2.33. The van der Waals surface area contributed by atoms with Crippen molar-refractivity contribution in [3.63, 3.8) is 0 Å². The molecule has 0 fully saturated rings. The van der Waals surface area contributed by atoms with Gasteiger partial charge in [0.25, 0.3) is 0 Å². The molecule has 1 aromatic heterocycles. The molecule has 16 heavy (non-hydrogen) atoms. The first kappa shape index (κ1) is 11.0. The lowest BCUT2D eigenvalue weighted by atomic mass is 9.87. The summed E-state index contributed by atoms with van der Waals surface area (Å²) in [5, 5.41) is 16.3. The minimum absolute atomic E-state index is 0.220. The number of fused-ring (bicyclic) bond motifs is 1. The number of nitrogens with one attached hydrogen (secondary N) is 1. The molecule has 0 radical (unpaired) electrons. The molecular formula is C11H17N3O2. The Hall–Kier alpha value is -1.52. The molecule has 0 unspecified atom stereocenters. The standard InChI is InChI=1S/C11H17N3O2/c1-7-9(3-4-11(15)16)8(2)14-10(13-7)5-6-12-14/h5-9,13H,3-4H2,1-2H3,(H,15,16)/t7-,8-,9+/m0/s1. The van der Waals surface area contributed by atoms with Crippen molar-refractivity contribution in [1.82, 2.24) is 9.78 Å². The van der Waals surface area contributed by atoms with Crippen LogP contribution in [0.1, 0.15) is 32.7 Å². The Labute approximate surface area is 94.5 Å². The second kappa shape index (κ2) is 4.15. The minimum Gasteiger partial charge on any atom is -0.481 e. The van der Waals surface area contributed by atoms with Crippen molar-refractivity contribution in [3.8, 4) is 0 Å². The summed E-state index contributed by atoms with van der Waals surface area (Å²) in [6, 6.07) is 2.49. The van der Waals surface area contributed by atoms with E-state index in [-0.39, 0.29) is 12.5 Å². The number of carboxylic acids is 1. The van der Waals surface area contributed by atoms with Crippen LogP contribution in [-0.2, 0) is 4.79 Å². The molecule has 0 aliphatic carbocycles. The number of aromatic nitrogens is 2. The predicted octanol–water partition coefficient (Wildman–Crippen LogP) is 1.74.